The second-order valence-electron chi connectivity index (χ2n) is 8.81. The number of aliphatic hydroxyl groups excluding tert-OH is 1. The van der Waals surface area contributed by atoms with Gasteiger partial charge in [-0.25, -0.2) is 27.5 Å². The monoisotopic (exact) mass is 490 g/mol. The Hall–Kier alpha value is -3.34. The van der Waals surface area contributed by atoms with Gasteiger partial charge in [0.05, 0.1) is 24.2 Å². The van der Waals surface area contributed by atoms with Crippen molar-refractivity contribution in [1.29, 1.82) is 0 Å². The number of fused-ring (bicyclic) bond motifs is 1. The number of likely N-dealkylation sites (tertiary alicyclic amines) is 1. The molecule has 8 nitrogen and oxygen atoms in total. The Morgan fingerprint density at radius 3 is 2.69 bits per heavy atom. The zero-order valence-electron chi connectivity index (χ0n) is 19.5. The van der Waals surface area contributed by atoms with Crippen LogP contribution in [0.4, 0.5) is 29.5 Å². The van der Waals surface area contributed by atoms with Gasteiger partial charge in [0.25, 0.3) is 6.43 Å². The molecule has 2 amide bonds. The molecule has 4 rings (SSSR count). The fourth-order valence-corrected chi connectivity index (χ4v) is 4.49. The summed E-state index contributed by atoms with van der Waals surface area (Å²) in [6, 6.07) is 1.02. The van der Waals surface area contributed by atoms with Crippen LogP contribution in [0.3, 0.4) is 0 Å². The zero-order chi connectivity index (χ0) is 25.1. The van der Waals surface area contributed by atoms with Crippen molar-refractivity contribution in [2.24, 2.45) is 0 Å². The van der Waals surface area contributed by atoms with Crippen LogP contribution in [-0.2, 0) is 0 Å². The fraction of sp³-hybridized carbons (Fsp3) is 0.458. The lowest BCUT2D eigenvalue weighted by Crippen LogP contribution is -2.42. The second kappa shape index (κ2) is 10.5. The zero-order valence-corrected chi connectivity index (χ0v) is 19.5. The number of carbonyl (C=O) groups is 1. The second-order valence-corrected chi connectivity index (χ2v) is 8.81. The Balaban J connectivity index is 1.56. The van der Waals surface area contributed by atoms with E-state index in [1.165, 1.54) is 17.6 Å². The predicted octanol–water partition coefficient (Wildman–Crippen LogP) is 4.31. The minimum atomic E-state index is -2.79. The first-order chi connectivity index (χ1) is 16.7. The molecule has 0 bridgehead atoms. The number of urea groups is 1. The highest BCUT2D eigenvalue weighted by molar-refractivity contribution is 5.93. The summed E-state index contributed by atoms with van der Waals surface area (Å²) in [5.74, 6) is -0.0218. The van der Waals surface area contributed by atoms with Crippen molar-refractivity contribution in [2.75, 3.05) is 29.9 Å². The van der Waals surface area contributed by atoms with E-state index in [9.17, 15) is 23.1 Å². The van der Waals surface area contributed by atoms with Gasteiger partial charge in [0, 0.05) is 31.4 Å². The molecule has 2 saturated heterocycles. The van der Waals surface area contributed by atoms with Crippen molar-refractivity contribution in [3.8, 4) is 0 Å². The van der Waals surface area contributed by atoms with Gasteiger partial charge in [-0.05, 0) is 50.3 Å². The molecule has 4 heterocycles. The summed E-state index contributed by atoms with van der Waals surface area (Å²) >= 11 is 0. The van der Waals surface area contributed by atoms with Gasteiger partial charge in [0.1, 0.15) is 11.5 Å². The van der Waals surface area contributed by atoms with Crippen LogP contribution >= 0.6 is 0 Å². The number of piperidine rings is 1. The molecule has 1 atom stereocenters. The lowest BCUT2D eigenvalue weighted by molar-refractivity contribution is 0.0972. The van der Waals surface area contributed by atoms with Gasteiger partial charge in [0.15, 0.2) is 5.65 Å². The van der Waals surface area contributed by atoms with Crippen LogP contribution in [0.1, 0.15) is 32.6 Å². The number of rotatable bonds is 6. The van der Waals surface area contributed by atoms with E-state index in [1.807, 2.05) is 4.90 Å². The molecule has 2 aromatic heterocycles. The standard InChI is InChI=1S/C24H29F3N6O2/c1-15(25)5-6-18(22(26)27)16(2)20-4-3-10-32(20)21-9-13-33-23(30-21)19(14-28-33)29-24(35)31-11-7-17(34)8-12-31/h5-6,9,13-14,17,20,22,34H,2-4,7-8,10-12H2,1H3,(H,29,35)/b15-5+,18-6+/t20-/m1/s1. The molecular weight excluding hydrogens is 461 g/mol. The van der Waals surface area contributed by atoms with Crippen LogP contribution in [0, 0.1) is 0 Å². The third kappa shape index (κ3) is 5.50. The number of aromatic nitrogens is 3. The molecule has 2 fully saturated rings. The van der Waals surface area contributed by atoms with Gasteiger partial charge in [-0.3, -0.25) is 0 Å². The van der Waals surface area contributed by atoms with Gasteiger partial charge in [-0.2, -0.15) is 5.10 Å². The average Bonchev–Trinajstić information content (AvgIpc) is 3.46. The number of allylic oxidation sites excluding steroid dienone is 3. The van der Waals surface area contributed by atoms with E-state index in [4.69, 9.17) is 0 Å². The van der Waals surface area contributed by atoms with Gasteiger partial charge in [0.2, 0.25) is 0 Å². The van der Waals surface area contributed by atoms with Gasteiger partial charge in [-0.1, -0.05) is 12.7 Å². The van der Waals surface area contributed by atoms with E-state index in [0.717, 1.165) is 18.6 Å². The number of halogens is 3. The smallest absolute Gasteiger partial charge is 0.321 e. The molecule has 188 valence electrons. The van der Waals surface area contributed by atoms with Gasteiger partial charge >= 0.3 is 6.03 Å². The highest BCUT2D eigenvalue weighted by atomic mass is 19.3. The number of nitrogens with one attached hydrogen (secondary N) is 1. The number of carbonyl (C=O) groups excluding carboxylic acids is 1. The molecule has 2 aliphatic rings. The third-order valence-electron chi connectivity index (χ3n) is 6.40. The van der Waals surface area contributed by atoms with E-state index < -0.39 is 18.3 Å². The van der Waals surface area contributed by atoms with Crippen molar-refractivity contribution in [2.45, 2.75) is 51.2 Å². The molecular formula is C24H29F3N6O2. The number of aliphatic hydroxyl groups is 1. The lowest BCUT2D eigenvalue weighted by atomic mass is 9.97. The van der Waals surface area contributed by atoms with Crippen LogP contribution in [0.5, 0.6) is 0 Å². The molecule has 2 aliphatic heterocycles. The SMILES string of the molecule is C=C(/C(=C\C=C(/C)F)C(F)F)[C@H]1CCCN1c1ccn2ncc(NC(=O)N3CCC(O)CC3)c2n1. The Bertz CT molecular complexity index is 1150. The minimum Gasteiger partial charge on any atom is -0.393 e. The maximum Gasteiger partial charge on any atom is 0.321 e. The fourth-order valence-electron chi connectivity index (χ4n) is 4.49. The van der Waals surface area contributed by atoms with E-state index in [2.05, 4.69) is 22.0 Å². The first-order valence-corrected chi connectivity index (χ1v) is 11.6. The van der Waals surface area contributed by atoms with Crippen molar-refractivity contribution in [3.05, 3.63) is 54.2 Å². The van der Waals surface area contributed by atoms with E-state index in [1.54, 1.807) is 17.2 Å². The summed E-state index contributed by atoms with van der Waals surface area (Å²) in [6.07, 6.45) is 4.55. The van der Waals surface area contributed by atoms with Crippen LogP contribution in [0.15, 0.2) is 54.2 Å². The first kappa shape index (κ1) is 24.8. The highest BCUT2D eigenvalue weighted by Crippen LogP contribution is 2.33. The molecule has 11 heteroatoms. The van der Waals surface area contributed by atoms with Crippen LogP contribution in [0.25, 0.3) is 5.65 Å². The molecule has 35 heavy (non-hydrogen) atoms. The molecule has 0 radical (unpaired) electrons. The van der Waals surface area contributed by atoms with Crippen molar-refractivity contribution in [1.82, 2.24) is 19.5 Å². The molecule has 2 aromatic rings. The van der Waals surface area contributed by atoms with Gasteiger partial charge < -0.3 is 20.2 Å². The summed E-state index contributed by atoms with van der Waals surface area (Å²) in [6.45, 7) is 6.61. The van der Waals surface area contributed by atoms with Crippen LogP contribution in [-0.4, -0.2) is 68.8 Å². The minimum absolute atomic E-state index is 0.228. The largest absolute Gasteiger partial charge is 0.393 e. The number of anilines is 2. The maximum absolute atomic E-state index is 13.7. The number of hydrogen-bond acceptors (Lipinski definition) is 5. The molecule has 0 unspecified atom stereocenters. The Labute approximate surface area is 201 Å². The van der Waals surface area contributed by atoms with E-state index >= 15 is 0 Å². The summed E-state index contributed by atoms with van der Waals surface area (Å²) in [5, 5.41) is 16.7. The summed E-state index contributed by atoms with van der Waals surface area (Å²) in [7, 11) is 0. The Kier molecular flexibility index (Phi) is 7.44. The summed E-state index contributed by atoms with van der Waals surface area (Å²) < 4.78 is 42.1. The average molecular weight is 491 g/mol. The summed E-state index contributed by atoms with van der Waals surface area (Å²) in [4.78, 5) is 20.9. The lowest BCUT2D eigenvalue weighted by Gasteiger charge is -2.29. The summed E-state index contributed by atoms with van der Waals surface area (Å²) in [5.41, 5.74) is 0.772. The number of nitrogens with zero attached hydrogens (tertiary/aromatic N) is 5. The van der Waals surface area contributed by atoms with Crippen molar-refractivity contribution < 1.29 is 23.1 Å². The van der Waals surface area contributed by atoms with E-state index in [-0.39, 0.29) is 23.3 Å². The molecule has 2 N–H and O–H groups in total. The molecule has 0 saturated carbocycles. The maximum atomic E-state index is 13.7. The van der Waals surface area contributed by atoms with Crippen molar-refractivity contribution >= 4 is 23.2 Å². The van der Waals surface area contributed by atoms with Gasteiger partial charge in [-0.15, -0.1) is 0 Å². The third-order valence-corrected chi connectivity index (χ3v) is 6.40. The Morgan fingerprint density at radius 1 is 1.26 bits per heavy atom. The first-order valence-electron chi connectivity index (χ1n) is 11.6. The Morgan fingerprint density at radius 2 is 2.00 bits per heavy atom. The van der Waals surface area contributed by atoms with E-state index in [0.29, 0.717) is 56.0 Å². The van der Waals surface area contributed by atoms with Crippen LogP contribution < -0.4 is 10.2 Å². The predicted molar refractivity (Wildman–Crippen MR) is 127 cm³/mol. The quantitative estimate of drug-likeness (QED) is 0.590. The number of alkyl halides is 2. The molecule has 0 aromatic carbocycles. The number of hydrogen-bond donors (Lipinski definition) is 2. The highest BCUT2D eigenvalue weighted by Gasteiger charge is 2.32. The molecule has 0 spiro atoms. The topological polar surface area (TPSA) is 86.0 Å². The van der Waals surface area contributed by atoms with Crippen molar-refractivity contribution in [3.63, 3.8) is 0 Å². The molecule has 0 aliphatic carbocycles. The normalized spacial score (nSPS) is 20.2. The number of amides is 2. The van der Waals surface area contributed by atoms with Crippen LogP contribution in [0.2, 0.25) is 0 Å².